The Morgan fingerprint density at radius 2 is 1.67 bits per heavy atom. The van der Waals surface area contributed by atoms with Crippen molar-refractivity contribution in [3.63, 3.8) is 0 Å². The molecule has 0 fully saturated rings. The van der Waals surface area contributed by atoms with Gasteiger partial charge in [-0.1, -0.05) is 6.07 Å². The van der Waals surface area contributed by atoms with Gasteiger partial charge in [-0.2, -0.15) is 26.3 Å². The molecule has 0 radical (unpaired) electrons. The maximum absolute atomic E-state index is 12.8. The van der Waals surface area contributed by atoms with Crippen molar-refractivity contribution in [3.8, 4) is 0 Å². The minimum Gasteiger partial charge on any atom is -0.468 e. The number of hydrogen-bond acceptors (Lipinski definition) is 3. The monoisotopic (exact) mass is 337 g/mol. The van der Waals surface area contributed by atoms with Crippen molar-refractivity contribution in [2.45, 2.75) is 18.4 Å². The van der Waals surface area contributed by atoms with Crippen molar-refractivity contribution >= 4 is 18.4 Å². The van der Waals surface area contributed by atoms with E-state index in [1.165, 1.54) is 0 Å². The van der Waals surface area contributed by atoms with Gasteiger partial charge in [-0.05, 0) is 17.7 Å². The first-order valence-electron chi connectivity index (χ1n) is 5.10. The Hall–Kier alpha value is -1.48. The third-order valence-electron chi connectivity index (χ3n) is 2.48. The second-order valence-corrected chi connectivity index (χ2v) is 3.80. The van der Waals surface area contributed by atoms with Gasteiger partial charge in [0.25, 0.3) is 0 Å². The van der Waals surface area contributed by atoms with Crippen molar-refractivity contribution in [2.24, 2.45) is 5.73 Å². The van der Waals surface area contributed by atoms with E-state index in [2.05, 4.69) is 4.74 Å². The first-order valence-corrected chi connectivity index (χ1v) is 5.10. The minimum atomic E-state index is -5.08. The van der Waals surface area contributed by atoms with Crippen LogP contribution in [0.3, 0.4) is 0 Å². The van der Waals surface area contributed by atoms with Gasteiger partial charge in [0.05, 0.1) is 18.2 Å². The molecule has 21 heavy (non-hydrogen) atoms. The van der Waals surface area contributed by atoms with Crippen molar-refractivity contribution in [1.82, 2.24) is 0 Å². The number of hydrogen-bond donors (Lipinski definition) is 1. The highest BCUT2D eigenvalue weighted by atomic mass is 35.5. The molecule has 0 saturated heterocycles. The molecule has 1 rings (SSSR count). The van der Waals surface area contributed by atoms with Crippen LogP contribution in [-0.2, 0) is 21.9 Å². The quantitative estimate of drug-likeness (QED) is 0.665. The lowest BCUT2D eigenvalue weighted by atomic mass is 9.97. The topological polar surface area (TPSA) is 52.3 Å². The van der Waals surface area contributed by atoms with Gasteiger partial charge in [-0.3, -0.25) is 4.79 Å². The average molecular weight is 338 g/mol. The summed E-state index contributed by atoms with van der Waals surface area (Å²) in [7, 11) is 0.902. The van der Waals surface area contributed by atoms with E-state index in [1.807, 2.05) is 0 Å². The Bertz CT molecular complexity index is 514. The minimum absolute atomic E-state index is 0. The van der Waals surface area contributed by atoms with Crippen LogP contribution in [0.1, 0.15) is 22.7 Å². The van der Waals surface area contributed by atoms with Crippen LogP contribution in [0.2, 0.25) is 0 Å². The largest absolute Gasteiger partial charge is 0.468 e. The van der Waals surface area contributed by atoms with E-state index in [0.29, 0.717) is 12.1 Å². The molecule has 3 nitrogen and oxygen atoms in total. The van der Waals surface area contributed by atoms with E-state index >= 15 is 0 Å². The second kappa shape index (κ2) is 6.52. The molecule has 0 aromatic heterocycles. The van der Waals surface area contributed by atoms with Gasteiger partial charge in [0.1, 0.15) is 6.04 Å². The fourth-order valence-corrected chi connectivity index (χ4v) is 1.50. The number of esters is 1. The Labute approximate surface area is 121 Å². The third kappa shape index (κ3) is 4.50. The van der Waals surface area contributed by atoms with Crippen LogP contribution >= 0.6 is 12.4 Å². The summed E-state index contributed by atoms with van der Waals surface area (Å²) in [6, 6.07) is -0.961. The molecular weight excluding hydrogens is 328 g/mol. The van der Waals surface area contributed by atoms with Gasteiger partial charge in [-0.25, -0.2) is 0 Å². The predicted octanol–water partition coefficient (Wildman–Crippen LogP) is 3.32. The zero-order valence-corrected chi connectivity index (χ0v) is 11.2. The van der Waals surface area contributed by atoms with E-state index in [-0.39, 0.29) is 18.5 Å². The Morgan fingerprint density at radius 1 is 1.14 bits per heavy atom. The fourth-order valence-electron chi connectivity index (χ4n) is 1.50. The van der Waals surface area contributed by atoms with Gasteiger partial charge in [0.15, 0.2) is 0 Å². The van der Waals surface area contributed by atoms with Crippen molar-refractivity contribution in [3.05, 3.63) is 34.9 Å². The highest BCUT2D eigenvalue weighted by Gasteiger charge is 2.40. The van der Waals surface area contributed by atoms with Crippen LogP contribution in [-0.4, -0.2) is 13.1 Å². The average Bonchev–Trinajstić information content (AvgIpc) is 2.34. The maximum Gasteiger partial charge on any atom is 0.416 e. The molecule has 1 aromatic rings. The molecule has 2 N–H and O–H groups in total. The van der Waals surface area contributed by atoms with Gasteiger partial charge in [-0.15, -0.1) is 12.4 Å². The first-order chi connectivity index (χ1) is 8.98. The fraction of sp³-hybridized carbons (Fsp3) is 0.364. The van der Waals surface area contributed by atoms with Crippen LogP contribution in [0.15, 0.2) is 18.2 Å². The molecular formula is C11H10ClF6NO2. The molecule has 0 bridgehead atoms. The summed E-state index contributed by atoms with van der Waals surface area (Å²) in [5.74, 6) is -1.18. The Balaban J connectivity index is 0.00000400. The molecule has 1 atom stereocenters. The highest BCUT2D eigenvalue weighted by Crippen LogP contribution is 2.38. The van der Waals surface area contributed by atoms with E-state index in [9.17, 15) is 31.1 Å². The Morgan fingerprint density at radius 3 is 2.05 bits per heavy atom. The summed E-state index contributed by atoms with van der Waals surface area (Å²) in [6.45, 7) is 0. The molecule has 0 aliphatic rings. The second-order valence-electron chi connectivity index (χ2n) is 3.80. The van der Waals surface area contributed by atoms with Crippen LogP contribution in [0, 0.1) is 0 Å². The Kier molecular flexibility index (Phi) is 6.06. The lowest BCUT2D eigenvalue weighted by molar-refractivity contribution is -0.145. The van der Waals surface area contributed by atoms with Gasteiger partial charge in [0.2, 0.25) is 0 Å². The lowest BCUT2D eigenvalue weighted by Gasteiger charge is -2.18. The summed E-state index contributed by atoms with van der Waals surface area (Å²) in [4.78, 5) is 11.1. The zero-order valence-electron chi connectivity index (χ0n) is 10.4. The normalized spacial score (nSPS) is 13.3. The van der Waals surface area contributed by atoms with E-state index in [0.717, 1.165) is 7.11 Å². The van der Waals surface area contributed by atoms with E-state index in [4.69, 9.17) is 5.73 Å². The van der Waals surface area contributed by atoms with Crippen molar-refractivity contribution < 1.29 is 35.9 Å². The molecule has 0 spiro atoms. The summed E-state index contributed by atoms with van der Waals surface area (Å²) in [5, 5.41) is 0. The molecule has 10 heteroatoms. The maximum atomic E-state index is 12.8. The summed E-state index contributed by atoms with van der Waals surface area (Å²) < 4.78 is 79.8. The SMILES string of the molecule is COC(=O)[C@H](N)c1ccc(C(F)(F)F)cc1C(F)(F)F.Cl. The third-order valence-corrected chi connectivity index (χ3v) is 2.48. The van der Waals surface area contributed by atoms with Gasteiger partial charge in [0, 0.05) is 0 Å². The number of carbonyl (C=O) groups is 1. The number of ether oxygens (including phenoxy) is 1. The number of methoxy groups -OCH3 is 1. The predicted molar refractivity (Wildman–Crippen MR) is 62.6 cm³/mol. The van der Waals surface area contributed by atoms with Gasteiger partial charge < -0.3 is 10.5 Å². The van der Waals surface area contributed by atoms with E-state index in [1.54, 1.807) is 0 Å². The highest BCUT2D eigenvalue weighted by molar-refractivity contribution is 5.85. The molecule has 0 amide bonds. The first kappa shape index (κ1) is 19.5. The summed E-state index contributed by atoms with van der Waals surface area (Å²) in [5.41, 5.74) is 1.37. The van der Waals surface area contributed by atoms with Crippen LogP contribution in [0.5, 0.6) is 0 Å². The molecule has 0 aliphatic heterocycles. The molecule has 0 saturated carbocycles. The van der Waals surface area contributed by atoms with Crippen molar-refractivity contribution in [2.75, 3.05) is 7.11 Å². The summed E-state index contributed by atoms with van der Waals surface area (Å²) in [6.07, 6.45) is -10.0. The molecule has 0 heterocycles. The van der Waals surface area contributed by atoms with E-state index < -0.39 is 41.1 Å². The number of halogens is 7. The van der Waals surface area contributed by atoms with Crippen LogP contribution < -0.4 is 5.73 Å². The molecule has 0 unspecified atom stereocenters. The lowest BCUT2D eigenvalue weighted by Crippen LogP contribution is -2.26. The summed E-state index contributed by atoms with van der Waals surface area (Å²) >= 11 is 0. The smallest absolute Gasteiger partial charge is 0.416 e. The number of benzene rings is 1. The van der Waals surface area contributed by atoms with Crippen LogP contribution in [0.4, 0.5) is 26.3 Å². The number of nitrogens with two attached hydrogens (primary N) is 1. The molecule has 1 aromatic carbocycles. The zero-order chi connectivity index (χ0) is 15.7. The van der Waals surface area contributed by atoms with Crippen LogP contribution in [0.25, 0.3) is 0 Å². The number of alkyl halides is 6. The van der Waals surface area contributed by atoms with Gasteiger partial charge >= 0.3 is 18.3 Å². The van der Waals surface area contributed by atoms with Crippen molar-refractivity contribution in [1.29, 1.82) is 0 Å². The number of rotatable bonds is 2. The molecule has 0 aliphatic carbocycles. The number of carbonyl (C=O) groups excluding carboxylic acids is 1. The molecule has 120 valence electrons. The standard InChI is InChI=1S/C11H9F6NO2.ClH/c1-20-9(19)8(18)6-3-2-5(10(12,13)14)4-7(6)11(15,16)17;/h2-4,8H,18H2,1H3;1H/t8-;/m1./s1.